The number of esters is 1. The van der Waals surface area contributed by atoms with Gasteiger partial charge in [-0.25, -0.2) is 4.79 Å². The molecule has 0 aliphatic heterocycles. The highest BCUT2D eigenvalue weighted by Crippen LogP contribution is 2.31. The summed E-state index contributed by atoms with van der Waals surface area (Å²) in [7, 11) is 0. The van der Waals surface area contributed by atoms with Crippen molar-refractivity contribution in [2.75, 3.05) is 13.2 Å². The fourth-order valence-corrected chi connectivity index (χ4v) is 4.05. The first-order chi connectivity index (χ1) is 21.6. The normalized spacial score (nSPS) is 12.9. The third-order valence-electron chi connectivity index (χ3n) is 6.28. The molecule has 3 rings (SSSR count). The fourth-order valence-electron chi connectivity index (χ4n) is 4.05. The van der Waals surface area contributed by atoms with Gasteiger partial charge in [-0.2, -0.15) is 13.2 Å². The van der Waals surface area contributed by atoms with Gasteiger partial charge in [0.1, 0.15) is 24.7 Å². The molecule has 0 saturated heterocycles. The third-order valence-corrected chi connectivity index (χ3v) is 6.28. The Morgan fingerprint density at radius 3 is 2.42 bits per heavy atom. The molecule has 248 valence electrons. The van der Waals surface area contributed by atoms with Crippen LogP contribution in [-0.4, -0.2) is 30.6 Å². The second-order valence-corrected chi connectivity index (χ2v) is 9.96. The number of alkyl halides is 3. The number of ether oxygens (including phenoxy) is 2. The Kier molecular flexibility index (Phi) is 19.8. The molecule has 0 heterocycles. The molecule has 0 unspecified atom stereocenters. The van der Waals surface area contributed by atoms with Crippen molar-refractivity contribution in [2.45, 2.75) is 78.0 Å². The standard InChI is InChI=1S/C16H19F3O.C10H10N2O6.C7H14/c17-16(18,19)14-9-5-10-15(12-14)20-11-4-3-8-13-6-1-2-7-13;13-7-11-5-10(14)18-9-3-1-2-8(4-9)6-17-12(15)16;1-3-5-7-6-4-2/h3,5,8-10,12-13H,1-2,4,6-7,11H2;1-4,7H,5-6H2,(H,11,13);3,5H,4,6-7H2,1-2H3/b8-3+;;5-3-. The fraction of sp³-hybridized carbons (Fsp3) is 0.455. The summed E-state index contributed by atoms with van der Waals surface area (Å²) in [5.74, 6) is 0.532. The maximum Gasteiger partial charge on any atom is 0.416 e. The molecule has 1 amide bonds. The van der Waals surface area contributed by atoms with Crippen molar-refractivity contribution < 1.29 is 42.2 Å². The summed E-state index contributed by atoms with van der Waals surface area (Å²) >= 11 is 0. The van der Waals surface area contributed by atoms with E-state index < -0.39 is 22.8 Å². The second kappa shape index (κ2) is 23.1. The van der Waals surface area contributed by atoms with Gasteiger partial charge in [0.2, 0.25) is 6.41 Å². The lowest BCUT2D eigenvalue weighted by molar-refractivity contribution is -0.763. The molecule has 45 heavy (non-hydrogen) atoms. The minimum Gasteiger partial charge on any atom is -0.493 e. The molecule has 9 nitrogen and oxygen atoms in total. The molecular formula is C33H43F3N2O7. The van der Waals surface area contributed by atoms with Gasteiger partial charge in [0.25, 0.3) is 5.09 Å². The average Bonchev–Trinajstić information content (AvgIpc) is 3.53. The van der Waals surface area contributed by atoms with Crippen molar-refractivity contribution in [3.8, 4) is 11.5 Å². The SMILES string of the molecule is C/C=C\CCCC.FC(F)(F)c1cccc(OCC/C=C/C2CCCC2)c1.O=CNCC(=O)Oc1cccc(CO[N+](=O)[O-])c1. The van der Waals surface area contributed by atoms with E-state index in [0.29, 0.717) is 24.5 Å². The maximum atomic E-state index is 12.5. The molecule has 1 fully saturated rings. The second-order valence-electron chi connectivity index (χ2n) is 9.96. The number of rotatable bonds is 15. The Morgan fingerprint density at radius 1 is 1.07 bits per heavy atom. The Labute approximate surface area is 262 Å². The number of halogens is 3. The van der Waals surface area contributed by atoms with Crippen LogP contribution in [0.1, 0.15) is 76.3 Å². The first kappa shape index (κ1) is 38.7. The maximum absolute atomic E-state index is 12.5. The number of nitrogens with one attached hydrogen (secondary N) is 1. The van der Waals surface area contributed by atoms with E-state index in [9.17, 15) is 32.9 Å². The molecule has 0 spiro atoms. The number of allylic oxidation sites excluding steroid dienone is 3. The van der Waals surface area contributed by atoms with Gasteiger partial charge < -0.3 is 19.6 Å². The first-order valence-corrected chi connectivity index (χ1v) is 14.9. The molecule has 1 saturated carbocycles. The van der Waals surface area contributed by atoms with Crippen molar-refractivity contribution in [2.24, 2.45) is 5.92 Å². The summed E-state index contributed by atoms with van der Waals surface area (Å²) in [6, 6.07) is 11.1. The molecule has 1 aliphatic rings. The lowest BCUT2D eigenvalue weighted by Crippen LogP contribution is -2.25. The number of unbranched alkanes of at least 4 members (excludes halogenated alkanes) is 2. The molecule has 1 N–H and O–H groups in total. The Balaban J connectivity index is 0.000000375. The zero-order valence-electron chi connectivity index (χ0n) is 25.8. The van der Waals surface area contributed by atoms with Gasteiger partial charge in [-0.1, -0.05) is 75.1 Å². The lowest BCUT2D eigenvalue weighted by atomic mass is 10.1. The van der Waals surface area contributed by atoms with E-state index in [0.717, 1.165) is 18.6 Å². The van der Waals surface area contributed by atoms with E-state index >= 15 is 0 Å². The highest BCUT2D eigenvalue weighted by molar-refractivity contribution is 5.76. The number of benzene rings is 2. The Bertz CT molecular complexity index is 1200. The van der Waals surface area contributed by atoms with Crippen LogP contribution in [0.2, 0.25) is 0 Å². The molecular weight excluding hydrogens is 593 g/mol. The molecule has 2 aromatic rings. The number of hydrogen-bond acceptors (Lipinski definition) is 7. The summed E-state index contributed by atoms with van der Waals surface area (Å²) in [5, 5.41) is 11.3. The monoisotopic (exact) mass is 636 g/mol. The van der Waals surface area contributed by atoms with Gasteiger partial charge in [-0.05, 0) is 74.4 Å². The zero-order chi connectivity index (χ0) is 33.3. The van der Waals surface area contributed by atoms with Gasteiger partial charge in [-0.3, -0.25) is 4.79 Å². The molecule has 1 aliphatic carbocycles. The van der Waals surface area contributed by atoms with E-state index in [4.69, 9.17) is 9.47 Å². The third kappa shape index (κ3) is 19.5. The van der Waals surface area contributed by atoms with E-state index in [-0.39, 0.29) is 24.7 Å². The van der Waals surface area contributed by atoms with E-state index in [1.807, 2.05) is 0 Å². The van der Waals surface area contributed by atoms with Crippen molar-refractivity contribution in [1.29, 1.82) is 0 Å². The van der Waals surface area contributed by atoms with Crippen molar-refractivity contribution in [3.63, 3.8) is 0 Å². The van der Waals surface area contributed by atoms with Crippen LogP contribution in [-0.2, 0) is 27.2 Å². The Morgan fingerprint density at radius 2 is 1.78 bits per heavy atom. The van der Waals surface area contributed by atoms with Crippen LogP contribution >= 0.6 is 0 Å². The topological polar surface area (TPSA) is 117 Å². The zero-order valence-corrected chi connectivity index (χ0v) is 25.8. The van der Waals surface area contributed by atoms with Crippen LogP contribution < -0.4 is 14.8 Å². The van der Waals surface area contributed by atoms with Crippen LogP contribution in [0.15, 0.2) is 72.8 Å². The Hall–Kier alpha value is -4.35. The van der Waals surface area contributed by atoms with Gasteiger partial charge in [0.05, 0.1) is 12.2 Å². The number of nitrogens with zero attached hydrogens (tertiary/aromatic N) is 1. The minimum atomic E-state index is -4.32. The van der Waals surface area contributed by atoms with Crippen LogP contribution in [0.3, 0.4) is 0 Å². The molecule has 12 heteroatoms. The number of amides is 1. The molecule has 2 aromatic carbocycles. The first-order valence-electron chi connectivity index (χ1n) is 14.9. The summed E-state index contributed by atoms with van der Waals surface area (Å²) in [6.45, 7) is 4.20. The largest absolute Gasteiger partial charge is 0.493 e. The van der Waals surface area contributed by atoms with E-state index in [2.05, 4.69) is 48.3 Å². The number of carbonyl (C=O) groups is 2. The van der Waals surface area contributed by atoms with E-state index in [1.54, 1.807) is 18.2 Å². The predicted octanol–water partition coefficient (Wildman–Crippen LogP) is 8.02. The average molecular weight is 637 g/mol. The van der Waals surface area contributed by atoms with Crippen molar-refractivity contribution in [3.05, 3.63) is 94.1 Å². The molecule has 0 atom stereocenters. The number of carbonyl (C=O) groups excluding carboxylic acids is 2. The van der Waals surface area contributed by atoms with Gasteiger partial charge in [0.15, 0.2) is 0 Å². The highest BCUT2D eigenvalue weighted by atomic mass is 19.4. The van der Waals surface area contributed by atoms with Crippen LogP contribution in [0.25, 0.3) is 0 Å². The molecule has 0 bridgehead atoms. The van der Waals surface area contributed by atoms with E-state index in [1.165, 1.54) is 63.1 Å². The number of hydrogen-bond donors (Lipinski definition) is 1. The van der Waals surface area contributed by atoms with Crippen LogP contribution in [0.5, 0.6) is 11.5 Å². The summed E-state index contributed by atoms with van der Waals surface area (Å²) in [5.41, 5.74) is -0.183. The van der Waals surface area contributed by atoms with Gasteiger partial charge in [0, 0.05) is 0 Å². The molecule has 0 aromatic heterocycles. The van der Waals surface area contributed by atoms with Crippen LogP contribution in [0, 0.1) is 16.0 Å². The predicted molar refractivity (Wildman–Crippen MR) is 165 cm³/mol. The van der Waals surface area contributed by atoms with Crippen molar-refractivity contribution in [1.82, 2.24) is 5.32 Å². The summed E-state index contributed by atoms with van der Waals surface area (Å²) in [6.07, 6.45) is 14.4. The quantitative estimate of drug-likeness (QED) is 0.0400. The smallest absolute Gasteiger partial charge is 0.416 e. The van der Waals surface area contributed by atoms with Crippen molar-refractivity contribution >= 4 is 12.4 Å². The van der Waals surface area contributed by atoms with Gasteiger partial charge in [-0.15, -0.1) is 10.1 Å². The summed E-state index contributed by atoms with van der Waals surface area (Å²) < 4.78 is 47.8. The molecule has 0 radical (unpaired) electrons. The highest BCUT2D eigenvalue weighted by Gasteiger charge is 2.30. The minimum absolute atomic E-state index is 0.220. The van der Waals surface area contributed by atoms with Gasteiger partial charge >= 0.3 is 12.1 Å². The van der Waals surface area contributed by atoms with Crippen LogP contribution in [0.4, 0.5) is 13.2 Å². The summed E-state index contributed by atoms with van der Waals surface area (Å²) in [4.78, 5) is 35.3. The lowest BCUT2D eigenvalue weighted by Gasteiger charge is -2.09.